The van der Waals surface area contributed by atoms with Crippen LogP contribution in [0, 0.1) is 13.8 Å². The van der Waals surface area contributed by atoms with Crippen molar-refractivity contribution in [3.8, 4) is 0 Å². The number of fused-ring (bicyclic) bond motifs is 1. The highest BCUT2D eigenvalue weighted by molar-refractivity contribution is 7.92. The molecule has 0 saturated carbocycles. The highest BCUT2D eigenvalue weighted by atomic mass is 32.2. The van der Waals surface area contributed by atoms with Gasteiger partial charge >= 0.3 is 5.97 Å². The standard InChI is InChI=1S/C26H25N3O5S2/c1-4-34-23(30)16-29-24-18(3)8-7-11-22(24)35-26(29)27-25(31)20-9-5-6-10-21(20)28-36(32,33)19-14-12-17(2)13-15-19/h5-15,28H,4,16H2,1-3H3. The lowest BCUT2D eigenvalue weighted by molar-refractivity contribution is -0.143. The summed E-state index contributed by atoms with van der Waals surface area (Å²) in [4.78, 5) is 30.3. The van der Waals surface area contributed by atoms with E-state index in [9.17, 15) is 18.0 Å². The van der Waals surface area contributed by atoms with Crippen LogP contribution in [-0.4, -0.2) is 31.5 Å². The Morgan fingerprint density at radius 3 is 2.44 bits per heavy atom. The number of nitrogens with one attached hydrogen (secondary N) is 1. The van der Waals surface area contributed by atoms with E-state index in [2.05, 4.69) is 9.71 Å². The smallest absolute Gasteiger partial charge is 0.326 e. The van der Waals surface area contributed by atoms with E-state index in [1.807, 2.05) is 32.0 Å². The van der Waals surface area contributed by atoms with Gasteiger partial charge < -0.3 is 9.30 Å². The number of ether oxygens (including phenoxy) is 1. The molecule has 0 radical (unpaired) electrons. The Morgan fingerprint density at radius 1 is 1.00 bits per heavy atom. The summed E-state index contributed by atoms with van der Waals surface area (Å²) in [6.45, 7) is 5.64. The second-order valence-electron chi connectivity index (χ2n) is 8.08. The third kappa shape index (κ3) is 5.39. The molecular formula is C26H25N3O5S2. The zero-order valence-electron chi connectivity index (χ0n) is 20.0. The van der Waals surface area contributed by atoms with Crippen molar-refractivity contribution in [1.82, 2.24) is 4.57 Å². The van der Waals surface area contributed by atoms with Crippen molar-refractivity contribution in [2.45, 2.75) is 32.2 Å². The van der Waals surface area contributed by atoms with E-state index in [0.717, 1.165) is 21.3 Å². The monoisotopic (exact) mass is 523 g/mol. The highest BCUT2D eigenvalue weighted by Gasteiger charge is 2.19. The number of para-hydroxylation sites is 2. The van der Waals surface area contributed by atoms with Gasteiger partial charge in [0, 0.05) is 0 Å². The first-order valence-electron chi connectivity index (χ1n) is 11.2. The van der Waals surface area contributed by atoms with E-state index in [-0.39, 0.29) is 29.3 Å². The van der Waals surface area contributed by atoms with Crippen LogP contribution in [0.3, 0.4) is 0 Å². The lowest BCUT2D eigenvalue weighted by atomic mass is 10.2. The van der Waals surface area contributed by atoms with Gasteiger partial charge in [0.1, 0.15) is 6.54 Å². The number of nitrogens with zero attached hydrogens (tertiary/aromatic N) is 2. The molecule has 3 aromatic carbocycles. The summed E-state index contributed by atoms with van der Waals surface area (Å²) in [6.07, 6.45) is 0. The van der Waals surface area contributed by atoms with Crippen LogP contribution in [0.25, 0.3) is 10.2 Å². The fraction of sp³-hybridized carbons (Fsp3) is 0.192. The molecule has 4 rings (SSSR count). The largest absolute Gasteiger partial charge is 0.465 e. The molecule has 0 bridgehead atoms. The Kier molecular flexibility index (Phi) is 7.37. The first kappa shape index (κ1) is 25.3. The number of carbonyl (C=O) groups excluding carboxylic acids is 2. The van der Waals surface area contributed by atoms with E-state index in [0.29, 0.717) is 4.80 Å². The third-order valence-electron chi connectivity index (χ3n) is 5.43. The molecule has 0 aliphatic carbocycles. The summed E-state index contributed by atoms with van der Waals surface area (Å²) >= 11 is 1.27. The molecule has 4 aromatic rings. The molecule has 1 amide bonds. The second kappa shape index (κ2) is 10.5. The number of carbonyl (C=O) groups is 2. The summed E-state index contributed by atoms with van der Waals surface area (Å²) in [7, 11) is -3.92. The van der Waals surface area contributed by atoms with Crippen LogP contribution in [0.1, 0.15) is 28.4 Å². The molecule has 10 heteroatoms. The number of amides is 1. The number of thiazole rings is 1. The number of aryl methyl sites for hydroxylation is 2. The Balaban J connectivity index is 1.76. The second-order valence-corrected chi connectivity index (χ2v) is 10.8. The van der Waals surface area contributed by atoms with Crippen LogP contribution in [-0.2, 0) is 26.1 Å². The first-order valence-corrected chi connectivity index (χ1v) is 13.5. The van der Waals surface area contributed by atoms with Crippen LogP contribution < -0.4 is 9.52 Å². The number of sulfonamides is 1. The number of rotatable bonds is 7. The van der Waals surface area contributed by atoms with Crippen LogP contribution in [0.15, 0.2) is 76.6 Å². The summed E-state index contributed by atoms with van der Waals surface area (Å²) in [6, 6.07) is 18.4. The van der Waals surface area contributed by atoms with E-state index in [1.165, 1.54) is 35.6 Å². The van der Waals surface area contributed by atoms with Crippen molar-refractivity contribution in [2.24, 2.45) is 4.99 Å². The topological polar surface area (TPSA) is 107 Å². The predicted molar refractivity (Wildman–Crippen MR) is 140 cm³/mol. The molecule has 0 spiro atoms. The number of esters is 1. The maximum atomic E-state index is 13.3. The van der Waals surface area contributed by atoms with Crippen molar-refractivity contribution in [3.05, 3.63) is 88.2 Å². The van der Waals surface area contributed by atoms with Crippen LogP contribution >= 0.6 is 11.3 Å². The van der Waals surface area contributed by atoms with Gasteiger partial charge in [0.25, 0.3) is 15.9 Å². The van der Waals surface area contributed by atoms with Gasteiger partial charge in [-0.05, 0) is 56.7 Å². The zero-order valence-corrected chi connectivity index (χ0v) is 21.7. The van der Waals surface area contributed by atoms with Crippen LogP contribution in [0.4, 0.5) is 5.69 Å². The molecule has 1 N–H and O–H groups in total. The van der Waals surface area contributed by atoms with E-state index >= 15 is 0 Å². The van der Waals surface area contributed by atoms with Gasteiger partial charge in [0.15, 0.2) is 4.80 Å². The maximum Gasteiger partial charge on any atom is 0.326 e. The summed E-state index contributed by atoms with van der Waals surface area (Å²) in [5.74, 6) is -1.08. The average molecular weight is 524 g/mol. The van der Waals surface area contributed by atoms with Crippen molar-refractivity contribution in [2.75, 3.05) is 11.3 Å². The summed E-state index contributed by atoms with van der Waals surface area (Å²) in [5, 5.41) is 0. The van der Waals surface area contributed by atoms with Gasteiger partial charge in [-0.3, -0.25) is 14.3 Å². The molecule has 0 aliphatic rings. The fourth-order valence-electron chi connectivity index (χ4n) is 3.70. The lowest BCUT2D eigenvalue weighted by Gasteiger charge is -2.11. The number of anilines is 1. The quantitative estimate of drug-likeness (QED) is 0.361. The SMILES string of the molecule is CCOC(=O)Cn1c(=NC(=O)c2ccccc2NS(=O)(=O)c2ccc(C)cc2)sc2cccc(C)c21. The Hall–Kier alpha value is -3.76. The average Bonchev–Trinajstić information content (AvgIpc) is 3.17. The highest BCUT2D eigenvalue weighted by Crippen LogP contribution is 2.23. The van der Waals surface area contributed by atoms with Gasteiger partial charge in [0.2, 0.25) is 0 Å². The van der Waals surface area contributed by atoms with Gasteiger partial charge in [0.05, 0.1) is 33.0 Å². The zero-order chi connectivity index (χ0) is 25.9. The van der Waals surface area contributed by atoms with E-state index < -0.39 is 21.9 Å². The molecule has 1 aromatic heterocycles. The van der Waals surface area contributed by atoms with Crippen molar-refractivity contribution in [3.63, 3.8) is 0 Å². The van der Waals surface area contributed by atoms with Crippen molar-refractivity contribution < 1.29 is 22.7 Å². The molecule has 36 heavy (non-hydrogen) atoms. The number of hydrogen-bond acceptors (Lipinski definition) is 6. The molecule has 186 valence electrons. The molecular weight excluding hydrogens is 498 g/mol. The minimum absolute atomic E-state index is 0.0829. The minimum atomic E-state index is -3.92. The van der Waals surface area contributed by atoms with Crippen molar-refractivity contribution >= 4 is 49.1 Å². The Morgan fingerprint density at radius 2 is 1.72 bits per heavy atom. The first-order chi connectivity index (χ1) is 17.2. The molecule has 8 nitrogen and oxygen atoms in total. The molecule has 0 fully saturated rings. The van der Waals surface area contributed by atoms with Crippen molar-refractivity contribution in [1.29, 1.82) is 0 Å². The number of aromatic nitrogens is 1. The third-order valence-corrected chi connectivity index (χ3v) is 7.85. The lowest BCUT2D eigenvalue weighted by Crippen LogP contribution is -2.23. The van der Waals surface area contributed by atoms with Crippen LogP contribution in [0.5, 0.6) is 0 Å². The van der Waals surface area contributed by atoms with Gasteiger partial charge in [-0.25, -0.2) is 8.42 Å². The molecule has 0 atom stereocenters. The predicted octanol–water partition coefficient (Wildman–Crippen LogP) is 4.42. The van der Waals surface area contributed by atoms with Crippen LogP contribution in [0.2, 0.25) is 0 Å². The Bertz CT molecular complexity index is 1620. The molecule has 0 unspecified atom stereocenters. The maximum absolute atomic E-state index is 13.3. The van der Waals surface area contributed by atoms with Gasteiger partial charge in [-0.1, -0.05) is 53.3 Å². The number of benzene rings is 3. The molecule has 1 heterocycles. The van der Waals surface area contributed by atoms with E-state index in [1.54, 1.807) is 35.8 Å². The molecule has 0 aliphatic heterocycles. The normalized spacial score (nSPS) is 12.0. The summed E-state index contributed by atoms with van der Waals surface area (Å²) < 4.78 is 36.0. The van der Waals surface area contributed by atoms with Gasteiger partial charge in [-0.2, -0.15) is 4.99 Å². The Labute approximate surface area is 212 Å². The van der Waals surface area contributed by atoms with Gasteiger partial charge in [-0.15, -0.1) is 0 Å². The van der Waals surface area contributed by atoms with E-state index in [4.69, 9.17) is 4.74 Å². The molecule has 0 saturated heterocycles. The fourth-order valence-corrected chi connectivity index (χ4v) is 5.89. The minimum Gasteiger partial charge on any atom is -0.465 e. The number of hydrogen-bond donors (Lipinski definition) is 1. The summed E-state index contributed by atoms with van der Waals surface area (Å²) in [5.41, 5.74) is 2.84.